The van der Waals surface area contributed by atoms with Gasteiger partial charge in [0.15, 0.2) is 17.0 Å². The van der Waals surface area contributed by atoms with E-state index in [0.29, 0.717) is 32.1 Å². The minimum absolute atomic E-state index is 0.0469. The molecule has 0 rings (SSSR count). The molecule has 7 heteroatoms. The molecular weight excluding hydrogens is 628 g/mol. The summed E-state index contributed by atoms with van der Waals surface area (Å²) in [6, 6.07) is 0. The van der Waals surface area contributed by atoms with Gasteiger partial charge in [-0.1, -0.05) is 175 Å². The molecule has 0 aromatic rings. The molecule has 294 valence electrons. The molecule has 0 bridgehead atoms. The molecule has 2 N–H and O–H groups in total. The van der Waals surface area contributed by atoms with Crippen molar-refractivity contribution in [1.29, 1.82) is 0 Å². The molecule has 0 saturated carbocycles. The number of aliphatic hydroxyl groups excluding tert-OH is 2. The van der Waals surface area contributed by atoms with Gasteiger partial charge < -0.3 is 14.9 Å². The van der Waals surface area contributed by atoms with Crippen LogP contribution < -0.4 is 0 Å². The molecule has 0 aliphatic heterocycles. The van der Waals surface area contributed by atoms with E-state index in [-0.39, 0.29) is 25.0 Å². The maximum Gasteiger partial charge on any atom is 0.328 e. The van der Waals surface area contributed by atoms with Gasteiger partial charge in [0.1, 0.15) is 18.5 Å². The normalized spacial score (nSPS) is 12.9. The molecule has 0 fully saturated rings. The number of ether oxygens (including phenoxy) is 1. The van der Waals surface area contributed by atoms with Gasteiger partial charge in [0.2, 0.25) is 0 Å². The zero-order chi connectivity index (χ0) is 37.3. The second kappa shape index (κ2) is 33.3. The molecule has 0 heterocycles. The standard InChI is InChI=1S/C43H80O7/c1-5-9-13-17-20-24-28-32-39(46)38(31-27-23-16-12-8-4)43(42(49)50-36-37(45)35-44,40(47)33-29-25-21-18-14-10-6-2)41(48)34-30-26-22-19-15-11-7-3/h37-38,44-45H,5-36H2,1-4H3. The monoisotopic (exact) mass is 709 g/mol. The van der Waals surface area contributed by atoms with E-state index in [2.05, 4.69) is 27.7 Å². The van der Waals surface area contributed by atoms with Gasteiger partial charge in [-0.3, -0.25) is 19.2 Å². The van der Waals surface area contributed by atoms with Crippen molar-refractivity contribution in [2.45, 2.75) is 226 Å². The van der Waals surface area contributed by atoms with Crippen molar-refractivity contribution in [3.05, 3.63) is 0 Å². The van der Waals surface area contributed by atoms with E-state index >= 15 is 0 Å². The maximum atomic E-state index is 14.6. The molecule has 0 spiro atoms. The Morgan fingerprint density at radius 1 is 0.500 bits per heavy atom. The Hall–Kier alpha value is -1.60. The highest BCUT2D eigenvalue weighted by atomic mass is 16.5. The summed E-state index contributed by atoms with van der Waals surface area (Å²) >= 11 is 0. The Morgan fingerprint density at radius 3 is 1.22 bits per heavy atom. The summed E-state index contributed by atoms with van der Waals surface area (Å²) in [5.41, 5.74) is -2.21. The van der Waals surface area contributed by atoms with Crippen molar-refractivity contribution >= 4 is 23.3 Å². The van der Waals surface area contributed by atoms with Crippen LogP contribution in [0.25, 0.3) is 0 Å². The summed E-state index contributed by atoms with van der Waals surface area (Å²) in [5.74, 6) is -3.24. The summed E-state index contributed by atoms with van der Waals surface area (Å²) in [7, 11) is 0. The maximum absolute atomic E-state index is 14.6. The molecule has 0 aromatic heterocycles. The quantitative estimate of drug-likeness (QED) is 0.0372. The Balaban J connectivity index is 6.48. The van der Waals surface area contributed by atoms with Crippen molar-refractivity contribution in [2.75, 3.05) is 13.2 Å². The van der Waals surface area contributed by atoms with Gasteiger partial charge in [-0.2, -0.15) is 0 Å². The first-order chi connectivity index (χ1) is 24.3. The third-order valence-corrected chi connectivity index (χ3v) is 10.4. The van der Waals surface area contributed by atoms with E-state index in [0.717, 1.165) is 109 Å². The van der Waals surface area contributed by atoms with Crippen LogP contribution >= 0.6 is 0 Å². The molecule has 0 aliphatic rings. The number of carbonyl (C=O) groups is 4. The van der Waals surface area contributed by atoms with Crippen LogP contribution in [0, 0.1) is 11.3 Å². The Bertz CT molecular complexity index is 824. The number of rotatable bonds is 38. The molecule has 0 aliphatic carbocycles. The molecule has 2 atom stereocenters. The molecule has 50 heavy (non-hydrogen) atoms. The average Bonchev–Trinajstić information content (AvgIpc) is 3.11. The lowest BCUT2D eigenvalue weighted by Crippen LogP contribution is -2.55. The van der Waals surface area contributed by atoms with Gasteiger partial charge >= 0.3 is 5.97 Å². The fourth-order valence-electron chi connectivity index (χ4n) is 7.13. The van der Waals surface area contributed by atoms with Crippen LogP contribution in [0.4, 0.5) is 0 Å². The zero-order valence-electron chi connectivity index (χ0n) is 33.2. The summed E-state index contributed by atoms with van der Waals surface area (Å²) < 4.78 is 5.56. The van der Waals surface area contributed by atoms with Crippen molar-refractivity contribution in [3.63, 3.8) is 0 Å². The van der Waals surface area contributed by atoms with E-state index in [1.54, 1.807) is 0 Å². The van der Waals surface area contributed by atoms with Crippen LogP contribution in [-0.2, 0) is 23.9 Å². The highest BCUT2D eigenvalue weighted by molar-refractivity contribution is 6.25. The number of aliphatic hydroxyl groups is 2. The predicted octanol–water partition coefficient (Wildman–Crippen LogP) is 11.0. The van der Waals surface area contributed by atoms with Gasteiger partial charge in [-0.15, -0.1) is 0 Å². The van der Waals surface area contributed by atoms with Crippen LogP contribution in [0.5, 0.6) is 0 Å². The number of unbranched alkanes of at least 4 members (excludes halogenated alkanes) is 22. The molecule has 0 amide bonds. The number of carbonyl (C=O) groups excluding carboxylic acids is 4. The number of hydrogen-bond donors (Lipinski definition) is 2. The Labute approximate surface area is 307 Å². The van der Waals surface area contributed by atoms with Crippen LogP contribution in [0.15, 0.2) is 0 Å². The summed E-state index contributed by atoms with van der Waals surface area (Å²) in [5, 5.41) is 19.6. The minimum Gasteiger partial charge on any atom is -0.462 e. The molecule has 2 unspecified atom stereocenters. The van der Waals surface area contributed by atoms with Crippen molar-refractivity contribution < 1.29 is 34.1 Å². The summed E-state index contributed by atoms with van der Waals surface area (Å²) in [4.78, 5) is 57.8. The molecule has 0 saturated heterocycles. The van der Waals surface area contributed by atoms with Gasteiger partial charge in [0, 0.05) is 25.2 Å². The third kappa shape index (κ3) is 21.1. The lowest BCUT2D eigenvalue weighted by molar-refractivity contribution is -0.174. The van der Waals surface area contributed by atoms with E-state index < -0.39 is 48.2 Å². The molecular formula is C43H80O7. The van der Waals surface area contributed by atoms with Crippen LogP contribution in [0.3, 0.4) is 0 Å². The van der Waals surface area contributed by atoms with Crippen LogP contribution in [0.1, 0.15) is 220 Å². The van der Waals surface area contributed by atoms with Crippen molar-refractivity contribution in [3.8, 4) is 0 Å². The largest absolute Gasteiger partial charge is 0.462 e. The highest BCUT2D eigenvalue weighted by Gasteiger charge is 2.59. The molecule has 0 radical (unpaired) electrons. The van der Waals surface area contributed by atoms with Crippen LogP contribution in [-0.4, -0.2) is 52.8 Å². The van der Waals surface area contributed by atoms with Crippen molar-refractivity contribution in [2.24, 2.45) is 11.3 Å². The smallest absolute Gasteiger partial charge is 0.328 e. The average molecular weight is 709 g/mol. The van der Waals surface area contributed by atoms with Gasteiger partial charge in [0.05, 0.1) is 6.61 Å². The number of Topliss-reactive ketones (excluding diaryl/α,β-unsaturated/α-hetero) is 3. The van der Waals surface area contributed by atoms with Gasteiger partial charge in [-0.05, 0) is 25.7 Å². The first kappa shape index (κ1) is 48.4. The second-order valence-corrected chi connectivity index (χ2v) is 14.9. The third-order valence-electron chi connectivity index (χ3n) is 10.4. The number of hydrogen-bond acceptors (Lipinski definition) is 7. The SMILES string of the molecule is CCCCCCCCCC(=O)C(CCCCCCC)C(C(=O)CCCCCCCCC)(C(=O)CCCCCCCCC)C(=O)OCC(O)CO. The fourth-order valence-corrected chi connectivity index (χ4v) is 7.13. The zero-order valence-corrected chi connectivity index (χ0v) is 33.2. The Morgan fingerprint density at radius 2 is 0.840 bits per heavy atom. The second-order valence-electron chi connectivity index (χ2n) is 14.9. The lowest BCUT2D eigenvalue weighted by atomic mass is 9.63. The summed E-state index contributed by atoms with van der Waals surface area (Å²) in [6.45, 7) is 7.54. The first-order valence-electron chi connectivity index (χ1n) is 21.3. The first-order valence-corrected chi connectivity index (χ1v) is 21.3. The number of esters is 1. The van der Waals surface area contributed by atoms with Crippen LogP contribution in [0.2, 0.25) is 0 Å². The topological polar surface area (TPSA) is 118 Å². The molecule has 7 nitrogen and oxygen atoms in total. The van der Waals surface area contributed by atoms with Crippen molar-refractivity contribution in [1.82, 2.24) is 0 Å². The van der Waals surface area contributed by atoms with Gasteiger partial charge in [-0.25, -0.2) is 0 Å². The van der Waals surface area contributed by atoms with E-state index in [4.69, 9.17) is 4.74 Å². The van der Waals surface area contributed by atoms with E-state index in [1.165, 1.54) is 32.1 Å². The highest BCUT2D eigenvalue weighted by Crippen LogP contribution is 2.41. The lowest BCUT2D eigenvalue weighted by Gasteiger charge is -2.36. The van der Waals surface area contributed by atoms with Gasteiger partial charge in [0.25, 0.3) is 0 Å². The van der Waals surface area contributed by atoms with E-state index in [9.17, 15) is 29.4 Å². The van der Waals surface area contributed by atoms with E-state index in [1.807, 2.05) is 0 Å². The Kier molecular flexibility index (Phi) is 32.2. The molecule has 0 aromatic carbocycles. The minimum atomic E-state index is -2.21. The predicted molar refractivity (Wildman–Crippen MR) is 206 cm³/mol. The summed E-state index contributed by atoms with van der Waals surface area (Å²) in [6.07, 6.45) is 25.1. The number of ketones is 3. The fraction of sp³-hybridized carbons (Fsp3) is 0.907.